The predicted octanol–water partition coefficient (Wildman–Crippen LogP) is 2.32. The van der Waals surface area contributed by atoms with Gasteiger partial charge in [0.1, 0.15) is 5.56 Å². The first kappa shape index (κ1) is 17.9. The van der Waals surface area contributed by atoms with Gasteiger partial charge in [0.05, 0.1) is 0 Å². The Kier molecular flexibility index (Phi) is 5.57. The molecule has 0 saturated carbocycles. The summed E-state index contributed by atoms with van der Waals surface area (Å²) < 4.78 is 0. The number of rotatable bonds is 6. The number of amides is 1. The average molecular weight is 327 g/mol. The third-order valence-electron chi connectivity index (χ3n) is 3.71. The number of carbonyl (C=O) groups is 1. The maximum atomic E-state index is 12.4. The number of aromatic nitrogens is 1. The van der Waals surface area contributed by atoms with Crippen LogP contribution in [0.1, 0.15) is 35.5 Å². The number of nitrogens with zero attached hydrogens (tertiary/aromatic N) is 1. The quantitative estimate of drug-likeness (QED) is 0.856. The van der Waals surface area contributed by atoms with Crippen LogP contribution in [0.25, 0.3) is 0 Å². The van der Waals surface area contributed by atoms with E-state index in [0.29, 0.717) is 6.54 Å². The summed E-state index contributed by atoms with van der Waals surface area (Å²) in [7, 11) is 2.01. The number of hydrogen-bond acceptors (Lipinski definition) is 3. The van der Waals surface area contributed by atoms with E-state index in [1.165, 1.54) is 17.8 Å². The Hall–Kier alpha value is -2.40. The zero-order valence-corrected chi connectivity index (χ0v) is 14.7. The van der Waals surface area contributed by atoms with E-state index >= 15 is 0 Å². The number of aromatic amines is 1. The largest absolute Gasteiger partial charge is 0.364 e. The second-order valence-electron chi connectivity index (χ2n) is 6.89. The normalized spacial score (nSPS) is 11.5. The molecular formula is C19H25N3O2. The molecule has 0 aliphatic carbocycles. The molecule has 5 heteroatoms. The van der Waals surface area contributed by atoms with E-state index in [2.05, 4.69) is 27.3 Å². The van der Waals surface area contributed by atoms with E-state index in [0.717, 1.165) is 12.2 Å². The maximum absolute atomic E-state index is 12.4. The molecule has 2 aromatic rings. The maximum Gasteiger partial charge on any atom is 0.257 e. The first-order chi connectivity index (χ1) is 11.3. The van der Waals surface area contributed by atoms with Gasteiger partial charge in [0.2, 0.25) is 0 Å². The molecule has 1 aromatic carbocycles. The van der Waals surface area contributed by atoms with E-state index < -0.39 is 5.54 Å². The fourth-order valence-electron chi connectivity index (χ4n) is 2.79. The fraction of sp³-hybridized carbons (Fsp3) is 0.368. The molecule has 1 amide bonds. The second kappa shape index (κ2) is 7.45. The molecule has 0 atom stereocenters. The van der Waals surface area contributed by atoms with Crippen molar-refractivity contribution < 1.29 is 4.79 Å². The van der Waals surface area contributed by atoms with Crippen LogP contribution in [0.2, 0.25) is 0 Å². The van der Waals surface area contributed by atoms with Crippen LogP contribution >= 0.6 is 0 Å². The van der Waals surface area contributed by atoms with E-state index in [1.807, 2.05) is 39.1 Å². The van der Waals surface area contributed by atoms with Crippen molar-refractivity contribution in [2.24, 2.45) is 0 Å². The van der Waals surface area contributed by atoms with Crippen molar-refractivity contribution in [1.82, 2.24) is 15.2 Å². The molecule has 0 aliphatic heterocycles. The van der Waals surface area contributed by atoms with Gasteiger partial charge < -0.3 is 10.3 Å². The van der Waals surface area contributed by atoms with Gasteiger partial charge in [0, 0.05) is 36.6 Å². The van der Waals surface area contributed by atoms with Crippen molar-refractivity contribution in [3.05, 3.63) is 69.6 Å². The lowest BCUT2D eigenvalue weighted by molar-refractivity contribution is 0.0891. The van der Waals surface area contributed by atoms with Crippen molar-refractivity contribution in [2.75, 3.05) is 13.6 Å². The van der Waals surface area contributed by atoms with Crippen LogP contribution in [0, 0.1) is 6.92 Å². The van der Waals surface area contributed by atoms with Crippen molar-refractivity contribution in [3.63, 3.8) is 0 Å². The van der Waals surface area contributed by atoms with Gasteiger partial charge in [0.25, 0.3) is 5.91 Å². The van der Waals surface area contributed by atoms with Gasteiger partial charge in [-0.25, -0.2) is 0 Å². The molecule has 0 bridgehead atoms. The molecule has 5 nitrogen and oxygen atoms in total. The number of hydrogen-bond donors (Lipinski definition) is 2. The molecule has 1 aromatic heterocycles. The van der Waals surface area contributed by atoms with Gasteiger partial charge in [0.15, 0.2) is 5.43 Å². The van der Waals surface area contributed by atoms with Crippen LogP contribution in [0.3, 0.4) is 0 Å². The van der Waals surface area contributed by atoms with Crippen LogP contribution in [-0.2, 0) is 6.54 Å². The van der Waals surface area contributed by atoms with Gasteiger partial charge in [-0.15, -0.1) is 0 Å². The zero-order chi connectivity index (χ0) is 17.7. The van der Waals surface area contributed by atoms with Crippen molar-refractivity contribution in [1.29, 1.82) is 0 Å². The summed E-state index contributed by atoms with van der Waals surface area (Å²) in [5.74, 6) is -0.352. The zero-order valence-electron chi connectivity index (χ0n) is 14.7. The summed E-state index contributed by atoms with van der Waals surface area (Å²) in [6.07, 6.45) is 1.47. The molecular weight excluding hydrogens is 302 g/mol. The van der Waals surface area contributed by atoms with E-state index in [1.54, 1.807) is 6.92 Å². The monoisotopic (exact) mass is 327 g/mol. The Balaban J connectivity index is 1.99. The smallest absolute Gasteiger partial charge is 0.257 e. The molecule has 1 heterocycles. The second-order valence-corrected chi connectivity index (χ2v) is 6.89. The number of H-pyrrole nitrogens is 1. The van der Waals surface area contributed by atoms with E-state index in [9.17, 15) is 9.59 Å². The third kappa shape index (κ3) is 5.06. The lowest BCUT2D eigenvalue weighted by Gasteiger charge is -2.31. The standard InChI is InChI=1S/C19H25N3O2/c1-14-10-17(23)16(11-20-14)18(24)21-19(2,3)13-22(4)12-15-8-6-5-7-9-15/h5-11H,12-13H2,1-4H3,(H,20,23)(H,21,24). The molecule has 0 radical (unpaired) electrons. The topological polar surface area (TPSA) is 65.2 Å². The van der Waals surface area contributed by atoms with Crippen LogP contribution in [0.5, 0.6) is 0 Å². The lowest BCUT2D eigenvalue weighted by atomic mass is 10.0. The minimum absolute atomic E-state index is 0.138. The van der Waals surface area contributed by atoms with Gasteiger partial charge >= 0.3 is 0 Å². The molecule has 0 fully saturated rings. The summed E-state index contributed by atoms with van der Waals surface area (Å²) in [5, 5.41) is 2.95. The van der Waals surface area contributed by atoms with Crippen LogP contribution in [-0.4, -0.2) is 34.9 Å². The molecule has 0 saturated heterocycles. The van der Waals surface area contributed by atoms with Gasteiger partial charge in [-0.05, 0) is 33.4 Å². The first-order valence-electron chi connectivity index (χ1n) is 8.01. The Labute approximate surface area is 142 Å². The van der Waals surface area contributed by atoms with Crippen LogP contribution < -0.4 is 10.7 Å². The highest BCUT2D eigenvalue weighted by Gasteiger charge is 2.24. The SMILES string of the molecule is Cc1cc(=O)c(C(=O)NC(C)(C)CN(C)Cc2ccccc2)c[nH]1. The molecule has 0 spiro atoms. The summed E-state index contributed by atoms with van der Waals surface area (Å²) in [4.78, 5) is 29.4. The van der Waals surface area contributed by atoms with E-state index in [4.69, 9.17) is 0 Å². The predicted molar refractivity (Wildman–Crippen MR) is 96.1 cm³/mol. The Morgan fingerprint density at radius 1 is 1.25 bits per heavy atom. The number of nitrogens with one attached hydrogen (secondary N) is 2. The molecule has 128 valence electrons. The van der Waals surface area contributed by atoms with Crippen LogP contribution in [0.15, 0.2) is 47.4 Å². The highest BCUT2D eigenvalue weighted by Crippen LogP contribution is 2.09. The van der Waals surface area contributed by atoms with Gasteiger partial charge in [-0.3, -0.25) is 14.5 Å². The summed E-state index contributed by atoms with van der Waals surface area (Å²) >= 11 is 0. The Morgan fingerprint density at radius 3 is 2.54 bits per heavy atom. The summed E-state index contributed by atoms with van der Waals surface area (Å²) in [6.45, 7) is 7.15. The number of carbonyl (C=O) groups excluding carboxylic acids is 1. The van der Waals surface area contributed by atoms with Crippen molar-refractivity contribution >= 4 is 5.91 Å². The molecule has 0 aliphatic rings. The van der Waals surface area contributed by atoms with Crippen molar-refractivity contribution in [3.8, 4) is 0 Å². The third-order valence-corrected chi connectivity index (χ3v) is 3.71. The van der Waals surface area contributed by atoms with E-state index in [-0.39, 0.29) is 16.9 Å². The number of pyridine rings is 1. The summed E-state index contributed by atoms with van der Waals surface area (Å²) in [5.41, 5.74) is 1.37. The molecule has 2 rings (SSSR count). The van der Waals surface area contributed by atoms with Gasteiger partial charge in [-0.2, -0.15) is 0 Å². The summed E-state index contributed by atoms with van der Waals surface area (Å²) in [6, 6.07) is 11.6. The highest BCUT2D eigenvalue weighted by atomic mass is 16.2. The average Bonchev–Trinajstić information content (AvgIpc) is 2.46. The molecule has 0 unspecified atom stereocenters. The Morgan fingerprint density at radius 2 is 1.92 bits per heavy atom. The number of likely N-dealkylation sites (N-methyl/N-ethyl adjacent to an activating group) is 1. The first-order valence-corrected chi connectivity index (χ1v) is 8.01. The minimum atomic E-state index is -0.460. The van der Waals surface area contributed by atoms with Crippen molar-refractivity contribution in [2.45, 2.75) is 32.9 Å². The minimum Gasteiger partial charge on any atom is -0.364 e. The number of aryl methyl sites for hydroxylation is 1. The molecule has 24 heavy (non-hydrogen) atoms. The van der Waals surface area contributed by atoms with Gasteiger partial charge in [-0.1, -0.05) is 30.3 Å². The Bertz CT molecular complexity index is 751. The number of benzene rings is 1. The molecule has 2 N–H and O–H groups in total. The lowest BCUT2D eigenvalue weighted by Crippen LogP contribution is -2.51. The fourth-order valence-corrected chi connectivity index (χ4v) is 2.79. The highest BCUT2D eigenvalue weighted by molar-refractivity contribution is 5.94. The van der Waals surface area contributed by atoms with Crippen LogP contribution in [0.4, 0.5) is 0 Å².